The maximum Gasteiger partial charge on any atom is 0.270 e. The Bertz CT molecular complexity index is 322. The van der Waals surface area contributed by atoms with Crippen LogP contribution in [0.3, 0.4) is 0 Å². The summed E-state index contributed by atoms with van der Waals surface area (Å²) in [6.45, 7) is 4.60. The van der Waals surface area contributed by atoms with Gasteiger partial charge in [0.2, 0.25) is 0 Å². The quantitative estimate of drug-likeness (QED) is 0.819. The number of aliphatic hydroxyl groups excluding tert-OH is 1. The smallest absolute Gasteiger partial charge is 0.270 e. The van der Waals surface area contributed by atoms with Crippen LogP contribution in [0.1, 0.15) is 31.9 Å². The van der Waals surface area contributed by atoms with Crippen LogP contribution in [0, 0.1) is 0 Å². The topological polar surface area (TPSA) is 20.2 Å². The molecule has 0 bridgehead atoms. The molecule has 1 nitrogen and oxygen atoms in total. The summed E-state index contributed by atoms with van der Waals surface area (Å²) >= 11 is 0. The number of alkyl halides is 2. The molecule has 0 aromatic heterocycles. The Morgan fingerprint density at radius 1 is 1.00 bits per heavy atom. The Kier molecular flexibility index (Phi) is 3.14. The van der Waals surface area contributed by atoms with Gasteiger partial charge in [-0.15, -0.1) is 0 Å². The second-order valence-electron chi connectivity index (χ2n) is 4.51. The lowest BCUT2D eigenvalue weighted by Gasteiger charge is -2.23. The van der Waals surface area contributed by atoms with E-state index in [2.05, 4.69) is 0 Å². The van der Waals surface area contributed by atoms with Gasteiger partial charge in [0, 0.05) is 17.9 Å². The summed E-state index contributed by atoms with van der Waals surface area (Å²) < 4.78 is 25.8. The van der Waals surface area contributed by atoms with Gasteiger partial charge in [0.15, 0.2) is 0 Å². The minimum absolute atomic E-state index is 0.00000945. The van der Waals surface area contributed by atoms with E-state index >= 15 is 0 Å². The van der Waals surface area contributed by atoms with Gasteiger partial charge in [-0.05, 0) is 5.56 Å². The summed E-state index contributed by atoms with van der Waals surface area (Å²) in [6.07, 6.45) is 0. The lowest BCUT2D eigenvalue weighted by molar-refractivity contribution is 0.0174. The van der Waals surface area contributed by atoms with Crippen molar-refractivity contribution in [3.8, 4) is 0 Å². The highest BCUT2D eigenvalue weighted by atomic mass is 19.3. The average molecular weight is 214 g/mol. The van der Waals surface area contributed by atoms with Gasteiger partial charge in [-0.1, -0.05) is 38.1 Å². The first-order chi connectivity index (χ1) is 6.77. The van der Waals surface area contributed by atoms with E-state index in [9.17, 15) is 8.78 Å². The molecule has 0 radical (unpaired) electrons. The van der Waals surface area contributed by atoms with Gasteiger partial charge in [-0.2, -0.15) is 0 Å². The van der Waals surface area contributed by atoms with Crippen LogP contribution in [-0.2, 0) is 11.3 Å². The van der Waals surface area contributed by atoms with Gasteiger partial charge in [0.25, 0.3) is 5.92 Å². The molecule has 0 heterocycles. The molecule has 1 rings (SSSR count). The standard InChI is InChI=1S/C12H16F2O/c1-11(2,8-15)9-4-6-10(7-5-9)12(3,13)14/h4-7,15H,8H2,1-3H3. The number of hydrogen-bond donors (Lipinski definition) is 1. The van der Waals surface area contributed by atoms with Crippen molar-refractivity contribution in [1.82, 2.24) is 0 Å². The Hall–Kier alpha value is -0.960. The fraction of sp³-hybridized carbons (Fsp3) is 0.500. The predicted octanol–water partition coefficient (Wildman–Crippen LogP) is 3.07. The second-order valence-corrected chi connectivity index (χ2v) is 4.51. The van der Waals surface area contributed by atoms with Crippen LogP contribution >= 0.6 is 0 Å². The number of halogens is 2. The molecule has 0 aliphatic carbocycles. The Morgan fingerprint density at radius 2 is 1.40 bits per heavy atom. The molecule has 1 N–H and O–H groups in total. The van der Waals surface area contributed by atoms with Crippen molar-refractivity contribution >= 4 is 0 Å². The van der Waals surface area contributed by atoms with Gasteiger partial charge < -0.3 is 5.11 Å². The van der Waals surface area contributed by atoms with Crippen molar-refractivity contribution in [2.75, 3.05) is 6.61 Å². The number of benzene rings is 1. The molecular weight excluding hydrogens is 198 g/mol. The van der Waals surface area contributed by atoms with Crippen molar-refractivity contribution in [3.63, 3.8) is 0 Å². The zero-order chi connectivity index (χ0) is 11.7. The molecule has 84 valence electrons. The summed E-state index contributed by atoms with van der Waals surface area (Å²) in [7, 11) is 0. The molecule has 1 aromatic rings. The summed E-state index contributed by atoms with van der Waals surface area (Å²) in [4.78, 5) is 0. The van der Waals surface area contributed by atoms with E-state index in [0.29, 0.717) is 0 Å². The first-order valence-electron chi connectivity index (χ1n) is 4.87. The fourth-order valence-electron chi connectivity index (χ4n) is 1.31. The Balaban J connectivity index is 3.01. The Labute approximate surface area is 88.7 Å². The molecule has 15 heavy (non-hydrogen) atoms. The molecule has 0 spiro atoms. The molecule has 0 unspecified atom stereocenters. The largest absolute Gasteiger partial charge is 0.395 e. The van der Waals surface area contributed by atoms with E-state index in [1.807, 2.05) is 13.8 Å². The van der Waals surface area contributed by atoms with Crippen LogP contribution in [0.5, 0.6) is 0 Å². The van der Waals surface area contributed by atoms with E-state index in [1.54, 1.807) is 12.1 Å². The minimum Gasteiger partial charge on any atom is -0.395 e. The fourth-order valence-corrected chi connectivity index (χ4v) is 1.31. The maximum absolute atomic E-state index is 12.9. The molecule has 1 aromatic carbocycles. The van der Waals surface area contributed by atoms with Crippen LogP contribution in [0.4, 0.5) is 8.78 Å². The minimum atomic E-state index is -2.80. The lowest BCUT2D eigenvalue weighted by atomic mass is 9.85. The third-order valence-corrected chi connectivity index (χ3v) is 2.57. The highest BCUT2D eigenvalue weighted by Crippen LogP contribution is 2.29. The van der Waals surface area contributed by atoms with E-state index in [4.69, 9.17) is 5.11 Å². The summed E-state index contributed by atoms with van der Waals surface area (Å²) in [6, 6.07) is 6.10. The molecule has 3 heteroatoms. The Morgan fingerprint density at radius 3 is 1.73 bits per heavy atom. The van der Waals surface area contributed by atoms with E-state index < -0.39 is 5.92 Å². The normalized spacial score (nSPS) is 12.9. The molecule has 0 fully saturated rings. The highest BCUT2D eigenvalue weighted by Gasteiger charge is 2.25. The summed E-state index contributed by atoms with van der Waals surface area (Å²) in [5, 5.41) is 9.13. The predicted molar refractivity (Wildman–Crippen MR) is 56.1 cm³/mol. The van der Waals surface area contributed by atoms with Crippen molar-refractivity contribution in [3.05, 3.63) is 35.4 Å². The van der Waals surface area contributed by atoms with E-state index in [-0.39, 0.29) is 17.6 Å². The SMILES string of the molecule is CC(F)(F)c1ccc(C(C)(C)CO)cc1. The second kappa shape index (κ2) is 3.89. The van der Waals surface area contributed by atoms with Crippen LogP contribution in [0.15, 0.2) is 24.3 Å². The zero-order valence-electron chi connectivity index (χ0n) is 9.22. The highest BCUT2D eigenvalue weighted by molar-refractivity contribution is 5.30. The molecule has 0 aliphatic heterocycles. The van der Waals surface area contributed by atoms with Crippen LogP contribution < -0.4 is 0 Å². The van der Waals surface area contributed by atoms with Gasteiger partial charge in [0.1, 0.15) is 0 Å². The van der Waals surface area contributed by atoms with Crippen LogP contribution in [-0.4, -0.2) is 11.7 Å². The first kappa shape index (κ1) is 12.1. The van der Waals surface area contributed by atoms with Crippen LogP contribution in [0.25, 0.3) is 0 Å². The third kappa shape index (κ3) is 2.75. The van der Waals surface area contributed by atoms with Crippen molar-refractivity contribution < 1.29 is 13.9 Å². The molecule has 0 amide bonds. The monoisotopic (exact) mass is 214 g/mol. The van der Waals surface area contributed by atoms with Crippen molar-refractivity contribution in [1.29, 1.82) is 0 Å². The van der Waals surface area contributed by atoms with Crippen molar-refractivity contribution in [2.24, 2.45) is 0 Å². The van der Waals surface area contributed by atoms with Gasteiger partial charge in [-0.3, -0.25) is 0 Å². The van der Waals surface area contributed by atoms with E-state index in [0.717, 1.165) is 12.5 Å². The van der Waals surface area contributed by atoms with Gasteiger partial charge >= 0.3 is 0 Å². The van der Waals surface area contributed by atoms with Crippen LogP contribution in [0.2, 0.25) is 0 Å². The van der Waals surface area contributed by atoms with Gasteiger partial charge in [-0.25, -0.2) is 8.78 Å². The zero-order valence-corrected chi connectivity index (χ0v) is 9.22. The molecule has 0 saturated carbocycles. The summed E-state index contributed by atoms with van der Waals surface area (Å²) in [5.74, 6) is -2.80. The average Bonchev–Trinajstić information content (AvgIpc) is 2.17. The van der Waals surface area contributed by atoms with E-state index in [1.165, 1.54) is 12.1 Å². The molecule has 0 saturated heterocycles. The van der Waals surface area contributed by atoms with Crippen molar-refractivity contribution in [2.45, 2.75) is 32.1 Å². The maximum atomic E-state index is 12.9. The number of rotatable bonds is 3. The molecule has 0 aliphatic rings. The third-order valence-electron chi connectivity index (χ3n) is 2.57. The summed E-state index contributed by atoms with van der Waals surface area (Å²) in [5.41, 5.74) is 0.472. The number of hydrogen-bond acceptors (Lipinski definition) is 1. The molecule has 0 atom stereocenters. The first-order valence-corrected chi connectivity index (χ1v) is 4.87. The lowest BCUT2D eigenvalue weighted by Crippen LogP contribution is -2.22. The number of aliphatic hydroxyl groups is 1. The molecular formula is C12H16F2O. The van der Waals surface area contributed by atoms with Gasteiger partial charge in [0.05, 0.1) is 6.61 Å².